The standard InChI is InChI=1S/C22H26ClN3O/c1-17-5-2-3-6-19(17)15-26(20-8-7-18(14-24)22(23)13-20)21-9-11-25(16-21)10-4-12-27/h2-3,5-8,13,21,27H,4,9-12,15-16H2,1H3/t21-/m0/s1. The van der Waals surface area contributed by atoms with E-state index < -0.39 is 0 Å². The summed E-state index contributed by atoms with van der Waals surface area (Å²) in [6.45, 7) is 6.13. The molecule has 0 spiro atoms. The van der Waals surface area contributed by atoms with Crippen molar-refractivity contribution in [1.82, 2.24) is 4.90 Å². The van der Waals surface area contributed by atoms with E-state index in [2.05, 4.69) is 47.1 Å². The molecule has 0 aliphatic carbocycles. The molecule has 1 atom stereocenters. The van der Waals surface area contributed by atoms with Crippen LogP contribution in [0.4, 0.5) is 5.69 Å². The second-order valence-corrected chi connectivity index (χ2v) is 7.56. The fourth-order valence-corrected chi connectivity index (χ4v) is 3.96. The summed E-state index contributed by atoms with van der Waals surface area (Å²) in [7, 11) is 0. The molecule has 0 unspecified atom stereocenters. The number of halogens is 1. The Morgan fingerprint density at radius 3 is 2.81 bits per heavy atom. The number of anilines is 1. The lowest BCUT2D eigenvalue weighted by Gasteiger charge is -2.32. The molecule has 0 bridgehead atoms. The Hall–Kier alpha value is -2.06. The van der Waals surface area contributed by atoms with E-state index in [1.165, 1.54) is 11.1 Å². The van der Waals surface area contributed by atoms with Crippen molar-refractivity contribution in [3.8, 4) is 6.07 Å². The molecule has 3 rings (SSSR count). The summed E-state index contributed by atoms with van der Waals surface area (Å²) in [5.41, 5.74) is 4.13. The average Bonchev–Trinajstić information content (AvgIpc) is 3.14. The van der Waals surface area contributed by atoms with Gasteiger partial charge in [0.05, 0.1) is 10.6 Å². The highest BCUT2D eigenvalue weighted by molar-refractivity contribution is 6.32. The van der Waals surface area contributed by atoms with Crippen LogP contribution < -0.4 is 4.90 Å². The molecule has 1 fully saturated rings. The summed E-state index contributed by atoms with van der Waals surface area (Å²) in [5.74, 6) is 0. The molecule has 0 radical (unpaired) electrons. The van der Waals surface area contributed by atoms with E-state index in [9.17, 15) is 5.26 Å². The maximum Gasteiger partial charge on any atom is 0.101 e. The minimum Gasteiger partial charge on any atom is -0.396 e. The van der Waals surface area contributed by atoms with Gasteiger partial charge in [0.25, 0.3) is 0 Å². The van der Waals surface area contributed by atoms with Gasteiger partial charge >= 0.3 is 0 Å². The zero-order chi connectivity index (χ0) is 19.2. The Kier molecular flexibility index (Phi) is 6.73. The first kappa shape index (κ1) is 19.7. The largest absolute Gasteiger partial charge is 0.396 e. The average molecular weight is 384 g/mol. The van der Waals surface area contributed by atoms with Gasteiger partial charge in [0.2, 0.25) is 0 Å². The summed E-state index contributed by atoms with van der Waals surface area (Å²) >= 11 is 6.32. The molecule has 2 aromatic rings. The number of hydrogen-bond donors (Lipinski definition) is 1. The summed E-state index contributed by atoms with van der Waals surface area (Å²) in [6.07, 6.45) is 1.89. The summed E-state index contributed by atoms with van der Waals surface area (Å²) in [5, 5.41) is 18.8. The normalized spacial score (nSPS) is 17.0. The van der Waals surface area contributed by atoms with Crippen LogP contribution in [0.3, 0.4) is 0 Å². The molecule has 0 saturated carbocycles. The zero-order valence-electron chi connectivity index (χ0n) is 15.7. The topological polar surface area (TPSA) is 50.5 Å². The van der Waals surface area contributed by atoms with Crippen LogP contribution in [0.1, 0.15) is 29.5 Å². The Morgan fingerprint density at radius 2 is 2.11 bits per heavy atom. The van der Waals surface area contributed by atoms with E-state index in [-0.39, 0.29) is 6.61 Å². The summed E-state index contributed by atoms with van der Waals surface area (Å²) in [4.78, 5) is 4.82. The van der Waals surface area contributed by atoms with Crippen molar-refractivity contribution in [1.29, 1.82) is 5.26 Å². The third-order valence-electron chi connectivity index (χ3n) is 5.33. The SMILES string of the molecule is Cc1ccccc1CN(c1ccc(C#N)c(Cl)c1)[C@H]1CCN(CCCO)C1. The molecule has 5 heteroatoms. The molecule has 1 N–H and O–H groups in total. The lowest BCUT2D eigenvalue weighted by Crippen LogP contribution is -2.37. The smallest absolute Gasteiger partial charge is 0.101 e. The number of aliphatic hydroxyl groups is 1. The molecule has 1 heterocycles. The van der Waals surface area contributed by atoms with Gasteiger partial charge in [-0.15, -0.1) is 0 Å². The van der Waals surface area contributed by atoms with E-state index >= 15 is 0 Å². The molecule has 4 nitrogen and oxygen atoms in total. The number of hydrogen-bond acceptors (Lipinski definition) is 4. The second-order valence-electron chi connectivity index (χ2n) is 7.15. The minimum absolute atomic E-state index is 0.235. The molecule has 2 aromatic carbocycles. The van der Waals surface area contributed by atoms with Gasteiger partial charge in [-0.1, -0.05) is 35.9 Å². The molecule has 27 heavy (non-hydrogen) atoms. The number of aryl methyl sites for hydroxylation is 1. The van der Waals surface area contributed by atoms with Crippen LogP contribution in [0, 0.1) is 18.3 Å². The van der Waals surface area contributed by atoms with E-state index in [4.69, 9.17) is 16.7 Å². The fraction of sp³-hybridized carbons (Fsp3) is 0.409. The lowest BCUT2D eigenvalue weighted by atomic mass is 10.1. The monoisotopic (exact) mass is 383 g/mol. The third kappa shape index (κ3) is 4.81. The van der Waals surface area contributed by atoms with Crippen molar-refractivity contribution in [3.05, 3.63) is 64.2 Å². The van der Waals surface area contributed by atoms with Crippen LogP contribution in [-0.4, -0.2) is 42.3 Å². The first-order valence-electron chi connectivity index (χ1n) is 9.46. The predicted octanol–water partition coefficient (Wildman–Crippen LogP) is 3.98. The zero-order valence-corrected chi connectivity index (χ0v) is 16.5. The van der Waals surface area contributed by atoms with Crippen LogP contribution in [-0.2, 0) is 6.54 Å². The predicted molar refractivity (Wildman–Crippen MR) is 110 cm³/mol. The van der Waals surface area contributed by atoms with Crippen LogP contribution >= 0.6 is 11.6 Å². The van der Waals surface area contributed by atoms with Gasteiger partial charge in [-0.25, -0.2) is 0 Å². The highest BCUT2D eigenvalue weighted by atomic mass is 35.5. The molecule has 0 amide bonds. The van der Waals surface area contributed by atoms with Crippen LogP contribution in [0.5, 0.6) is 0 Å². The first-order chi connectivity index (χ1) is 13.1. The highest BCUT2D eigenvalue weighted by Gasteiger charge is 2.28. The molecule has 142 valence electrons. The van der Waals surface area contributed by atoms with Gasteiger partial charge in [0.15, 0.2) is 0 Å². The maximum atomic E-state index is 9.17. The Morgan fingerprint density at radius 1 is 1.30 bits per heavy atom. The second kappa shape index (κ2) is 9.23. The molecular weight excluding hydrogens is 358 g/mol. The van der Waals surface area contributed by atoms with E-state index in [1.807, 2.05) is 12.1 Å². The molecule has 1 aliphatic heterocycles. The van der Waals surface area contributed by atoms with E-state index in [1.54, 1.807) is 6.07 Å². The minimum atomic E-state index is 0.235. The Balaban J connectivity index is 1.86. The summed E-state index contributed by atoms with van der Waals surface area (Å²) in [6, 6.07) is 16.7. The van der Waals surface area contributed by atoms with Crippen molar-refractivity contribution in [2.24, 2.45) is 0 Å². The number of rotatable bonds is 7. The lowest BCUT2D eigenvalue weighted by molar-refractivity contribution is 0.246. The van der Waals surface area contributed by atoms with Gasteiger partial charge in [-0.3, -0.25) is 0 Å². The van der Waals surface area contributed by atoms with E-state index in [0.717, 1.165) is 44.7 Å². The Bertz CT molecular complexity index is 817. The van der Waals surface area contributed by atoms with Crippen LogP contribution in [0.25, 0.3) is 0 Å². The molecule has 0 aromatic heterocycles. The maximum absolute atomic E-state index is 9.17. The number of nitriles is 1. The number of benzene rings is 2. The van der Waals surface area contributed by atoms with Crippen molar-refractivity contribution >= 4 is 17.3 Å². The third-order valence-corrected chi connectivity index (χ3v) is 5.64. The number of aliphatic hydroxyl groups excluding tert-OH is 1. The highest BCUT2D eigenvalue weighted by Crippen LogP contribution is 2.29. The molecule has 1 saturated heterocycles. The van der Waals surface area contributed by atoms with Gasteiger partial charge in [-0.2, -0.15) is 5.26 Å². The van der Waals surface area contributed by atoms with E-state index in [0.29, 0.717) is 16.6 Å². The molecule has 1 aliphatic rings. The van der Waals surface area contributed by atoms with Gasteiger partial charge in [0.1, 0.15) is 6.07 Å². The van der Waals surface area contributed by atoms with Crippen LogP contribution in [0.15, 0.2) is 42.5 Å². The molecular formula is C22H26ClN3O. The van der Waals surface area contributed by atoms with Crippen molar-refractivity contribution < 1.29 is 5.11 Å². The van der Waals surface area contributed by atoms with Gasteiger partial charge in [-0.05, 0) is 49.1 Å². The van der Waals surface area contributed by atoms with Gasteiger partial charge in [0, 0.05) is 44.5 Å². The van der Waals surface area contributed by atoms with Crippen molar-refractivity contribution in [2.75, 3.05) is 31.1 Å². The van der Waals surface area contributed by atoms with Crippen LogP contribution in [0.2, 0.25) is 5.02 Å². The number of nitrogens with zero attached hydrogens (tertiary/aromatic N) is 3. The quantitative estimate of drug-likeness (QED) is 0.785. The Labute approximate surface area is 166 Å². The van der Waals surface area contributed by atoms with Crippen molar-refractivity contribution in [3.63, 3.8) is 0 Å². The van der Waals surface area contributed by atoms with Gasteiger partial charge < -0.3 is 14.9 Å². The number of likely N-dealkylation sites (tertiary alicyclic amines) is 1. The fourth-order valence-electron chi connectivity index (χ4n) is 3.74. The summed E-state index contributed by atoms with van der Waals surface area (Å²) < 4.78 is 0. The first-order valence-corrected chi connectivity index (χ1v) is 9.84. The van der Waals surface area contributed by atoms with Crippen molar-refractivity contribution in [2.45, 2.75) is 32.4 Å².